The van der Waals surface area contributed by atoms with E-state index in [4.69, 9.17) is 11.7 Å². The number of terminal acetylenes is 1. The Bertz CT molecular complexity index is 338. The Labute approximate surface area is 106 Å². The van der Waals surface area contributed by atoms with E-state index in [0.717, 1.165) is 18.4 Å². The van der Waals surface area contributed by atoms with E-state index >= 15 is 0 Å². The van der Waals surface area contributed by atoms with E-state index in [2.05, 4.69) is 38.5 Å². The molecule has 0 aromatic carbocycles. The Kier molecular flexibility index (Phi) is 7.91. The van der Waals surface area contributed by atoms with Crippen molar-refractivity contribution in [3.63, 3.8) is 0 Å². The van der Waals surface area contributed by atoms with Crippen LogP contribution < -0.4 is 0 Å². The Morgan fingerprint density at radius 3 is 2.53 bits per heavy atom. The molecule has 0 aliphatic carbocycles. The Hall–Kier alpha value is -1.47. The van der Waals surface area contributed by atoms with Crippen molar-refractivity contribution in [1.82, 2.24) is 0 Å². The van der Waals surface area contributed by atoms with E-state index < -0.39 is 0 Å². The van der Waals surface area contributed by atoms with E-state index in [0.29, 0.717) is 24.2 Å². The number of hydrogen-bond donors (Lipinski definition) is 0. The minimum atomic E-state index is 0.402. The van der Waals surface area contributed by atoms with E-state index in [1.165, 1.54) is 0 Å². The number of hydrogen-bond acceptors (Lipinski definition) is 1. The van der Waals surface area contributed by atoms with Crippen molar-refractivity contribution in [2.75, 3.05) is 0 Å². The smallest absolute Gasteiger partial charge is 0.0624 e. The normalized spacial score (nSPS) is 16.4. The highest BCUT2D eigenvalue weighted by Gasteiger charge is 2.15. The van der Waals surface area contributed by atoms with Gasteiger partial charge in [0.1, 0.15) is 0 Å². The molecule has 0 aromatic heterocycles. The van der Waals surface area contributed by atoms with E-state index in [9.17, 15) is 0 Å². The summed E-state index contributed by atoms with van der Waals surface area (Å²) in [5, 5.41) is 8.81. The fourth-order valence-corrected chi connectivity index (χ4v) is 1.90. The summed E-state index contributed by atoms with van der Waals surface area (Å²) >= 11 is 0. The highest BCUT2D eigenvalue weighted by molar-refractivity contribution is 5.22. The third-order valence-corrected chi connectivity index (χ3v) is 3.22. The van der Waals surface area contributed by atoms with Crippen molar-refractivity contribution in [3.05, 3.63) is 24.3 Å². The molecule has 0 saturated carbocycles. The van der Waals surface area contributed by atoms with Crippen molar-refractivity contribution < 1.29 is 0 Å². The summed E-state index contributed by atoms with van der Waals surface area (Å²) in [7, 11) is 0. The molecule has 1 heteroatoms. The van der Waals surface area contributed by atoms with Crippen molar-refractivity contribution in [2.24, 2.45) is 17.8 Å². The molecule has 0 bridgehead atoms. The standard InChI is InChI=1S/C16H23N/c1-6-13(3)12-14(4)8-9-16(10-11-17)15(5)7-2/h1,7,12,14-16H,2,8-10H2,3-5H3/b13-12+. The van der Waals surface area contributed by atoms with Crippen molar-refractivity contribution in [3.8, 4) is 18.4 Å². The predicted molar refractivity (Wildman–Crippen MR) is 74.1 cm³/mol. The van der Waals surface area contributed by atoms with Gasteiger partial charge in [0.05, 0.1) is 6.07 Å². The summed E-state index contributed by atoms with van der Waals surface area (Å²) in [5.74, 6) is 3.93. The summed E-state index contributed by atoms with van der Waals surface area (Å²) in [5.41, 5.74) is 0.992. The first-order valence-electron chi connectivity index (χ1n) is 6.19. The average Bonchev–Trinajstić information content (AvgIpc) is 2.33. The van der Waals surface area contributed by atoms with Crippen LogP contribution in [-0.2, 0) is 0 Å². The second-order valence-corrected chi connectivity index (χ2v) is 4.77. The zero-order valence-corrected chi connectivity index (χ0v) is 11.2. The van der Waals surface area contributed by atoms with Crippen LogP contribution in [0.25, 0.3) is 0 Å². The summed E-state index contributed by atoms with van der Waals surface area (Å²) in [6.45, 7) is 10.1. The van der Waals surface area contributed by atoms with Crippen LogP contribution >= 0.6 is 0 Å². The van der Waals surface area contributed by atoms with Gasteiger partial charge in [-0.3, -0.25) is 0 Å². The van der Waals surface area contributed by atoms with Gasteiger partial charge in [-0.05, 0) is 43.1 Å². The molecule has 0 aliphatic heterocycles. The first-order valence-corrected chi connectivity index (χ1v) is 6.19. The number of nitrogens with zero attached hydrogens (tertiary/aromatic N) is 1. The van der Waals surface area contributed by atoms with Gasteiger partial charge in [0.25, 0.3) is 0 Å². The van der Waals surface area contributed by atoms with E-state index in [1.807, 2.05) is 13.0 Å². The first-order chi connectivity index (χ1) is 8.04. The van der Waals surface area contributed by atoms with Crippen molar-refractivity contribution >= 4 is 0 Å². The molecular formula is C16H23N. The third-order valence-electron chi connectivity index (χ3n) is 3.22. The van der Waals surface area contributed by atoms with E-state index in [1.54, 1.807) is 0 Å². The fraction of sp³-hybridized carbons (Fsp3) is 0.562. The Morgan fingerprint density at radius 2 is 2.06 bits per heavy atom. The maximum atomic E-state index is 8.81. The van der Waals surface area contributed by atoms with Gasteiger partial charge in [-0.1, -0.05) is 31.9 Å². The lowest BCUT2D eigenvalue weighted by Crippen LogP contribution is -2.10. The zero-order valence-electron chi connectivity index (χ0n) is 11.2. The molecule has 0 N–H and O–H groups in total. The molecule has 3 unspecified atom stereocenters. The summed E-state index contributed by atoms with van der Waals surface area (Å²) in [4.78, 5) is 0. The Morgan fingerprint density at radius 1 is 1.41 bits per heavy atom. The second kappa shape index (κ2) is 8.66. The van der Waals surface area contributed by atoms with Crippen LogP contribution in [0.4, 0.5) is 0 Å². The minimum Gasteiger partial charge on any atom is -0.198 e. The van der Waals surface area contributed by atoms with Crippen molar-refractivity contribution in [2.45, 2.75) is 40.0 Å². The molecule has 3 atom stereocenters. The average molecular weight is 229 g/mol. The first kappa shape index (κ1) is 15.5. The van der Waals surface area contributed by atoms with Gasteiger partial charge in [0.15, 0.2) is 0 Å². The largest absolute Gasteiger partial charge is 0.198 e. The summed E-state index contributed by atoms with van der Waals surface area (Å²) < 4.78 is 0. The molecule has 0 spiro atoms. The topological polar surface area (TPSA) is 23.8 Å². The molecule has 0 amide bonds. The molecule has 0 aliphatic rings. The quantitative estimate of drug-likeness (QED) is 0.471. The number of nitriles is 1. The lowest BCUT2D eigenvalue weighted by atomic mass is 9.85. The highest BCUT2D eigenvalue weighted by atomic mass is 14.3. The van der Waals surface area contributed by atoms with Gasteiger partial charge in [0, 0.05) is 6.42 Å². The van der Waals surface area contributed by atoms with Crippen LogP contribution in [-0.4, -0.2) is 0 Å². The van der Waals surface area contributed by atoms with Crippen LogP contribution in [0.2, 0.25) is 0 Å². The molecule has 0 fully saturated rings. The fourth-order valence-electron chi connectivity index (χ4n) is 1.90. The lowest BCUT2D eigenvalue weighted by Gasteiger charge is -2.19. The van der Waals surface area contributed by atoms with Gasteiger partial charge in [-0.2, -0.15) is 5.26 Å². The monoisotopic (exact) mass is 229 g/mol. The SMILES string of the molecule is C#C/C(C)=C/C(C)CCC(CC#N)C(C)C=C. The molecule has 1 nitrogen and oxygen atoms in total. The minimum absolute atomic E-state index is 0.402. The van der Waals surface area contributed by atoms with Crippen LogP contribution in [0, 0.1) is 41.4 Å². The molecule has 92 valence electrons. The molecule has 0 radical (unpaired) electrons. The molecule has 17 heavy (non-hydrogen) atoms. The van der Waals surface area contributed by atoms with Gasteiger partial charge in [-0.25, -0.2) is 0 Å². The molecule has 0 heterocycles. The second-order valence-electron chi connectivity index (χ2n) is 4.77. The molecule has 0 saturated heterocycles. The van der Waals surface area contributed by atoms with Crippen LogP contribution in [0.5, 0.6) is 0 Å². The maximum Gasteiger partial charge on any atom is 0.0624 e. The Balaban J connectivity index is 4.28. The van der Waals surface area contributed by atoms with Crippen LogP contribution in [0.15, 0.2) is 24.3 Å². The maximum absolute atomic E-state index is 8.81. The highest BCUT2D eigenvalue weighted by Crippen LogP contribution is 2.24. The number of allylic oxidation sites excluding steroid dienone is 3. The molecule has 0 aromatic rings. The predicted octanol–water partition coefficient (Wildman–Crippen LogP) is 4.33. The van der Waals surface area contributed by atoms with Crippen molar-refractivity contribution in [1.29, 1.82) is 5.26 Å². The number of rotatable bonds is 7. The van der Waals surface area contributed by atoms with Crippen LogP contribution in [0.1, 0.15) is 40.0 Å². The summed E-state index contributed by atoms with van der Waals surface area (Å²) in [6, 6.07) is 2.26. The zero-order chi connectivity index (χ0) is 13.3. The van der Waals surface area contributed by atoms with Gasteiger partial charge < -0.3 is 0 Å². The third kappa shape index (κ3) is 6.64. The van der Waals surface area contributed by atoms with Gasteiger partial charge in [0.2, 0.25) is 0 Å². The molecule has 0 rings (SSSR count). The lowest BCUT2D eigenvalue weighted by molar-refractivity contribution is 0.371. The van der Waals surface area contributed by atoms with Gasteiger partial charge in [-0.15, -0.1) is 13.0 Å². The summed E-state index contributed by atoms with van der Waals surface area (Å²) in [6.07, 6.45) is 12.1. The molecular weight excluding hydrogens is 206 g/mol. The van der Waals surface area contributed by atoms with Crippen LogP contribution in [0.3, 0.4) is 0 Å². The van der Waals surface area contributed by atoms with Gasteiger partial charge >= 0.3 is 0 Å². The van der Waals surface area contributed by atoms with E-state index in [-0.39, 0.29) is 0 Å².